The maximum Gasteiger partial charge on any atom is 0.306 e. The van der Waals surface area contributed by atoms with Gasteiger partial charge >= 0.3 is 17.9 Å². The highest BCUT2D eigenvalue weighted by molar-refractivity contribution is 5.71. The van der Waals surface area contributed by atoms with Gasteiger partial charge in [-0.1, -0.05) is 261 Å². The molecule has 1 unspecified atom stereocenters. The molecule has 0 bridgehead atoms. The normalized spacial score (nSPS) is 12.4. The van der Waals surface area contributed by atoms with Crippen LogP contribution in [0.2, 0.25) is 0 Å². The molecule has 6 heteroatoms. The van der Waals surface area contributed by atoms with Crippen LogP contribution in [-0.4, -0.2) is 37.2 Å². The summed E-state index contributed by atoms with van der Waals surface area (Å²) in [5.41, 5.74) is 0. The molecule has 69 heavy (non-hydrogen) atoms. The van der Waals surface area contributed by atoms with Crippen molar-refractivity contribution in [2.24, 2.45) is 0 Å². The molecule has 1 atom stereocenters. The Labute approximate surface area is 428 Å². The zero-order chi connectivity index (χ0) is 50.0. The van der Waals surface area contributed by atoms with Gasteiger partial charge in [-0.25, -0.2) is 0 Å². The number of hydrogen-bond donors (Lipinski definition) is 0. The number of ether oxygens (including phenoxy) is 3. The van der Waals surface area contributed by atoms with Gasteiger partial charge in [0, 0.05) is 19.3 Å². The lowest BCUT2D eigenvalue weighted by atomic mass is 10.0. The molecule has 0 heterocycles. The summed E-state index contributed by atoms with van der Waals surface area (Å²) in [6.07, 6.45) is 72.1. The van der Waals surface area contributed by atoms with Crippen LogP contribution in [0.4, 0.5) is 0 Å². The van der Waals surface area contributed by atoms with Crippen LogP contribution in [0.15, 0.2) is 60.8 Å². The summed E-state index contributed by atoms with van der Waals surface area (Å²) in [5.74, 6) is -0.883. The van der Waals surface area contributed by atoms with Crippen LogP contribution in [0.3, 0.4) is 0 Å². The number of rotatable bonds is 54. The molecule has 0 aromatic carbocycles. The van der Waals surface area contributed by atoms with E-state index in [0.717, 1.165) is 89.9 Å². The van der Waals surface area contributed by atoms with Crippen LogP contribution in [0, 0.1) is 0 Å². The Kier molecular flexibility index (Phi) is 55.3. The zero-order valence-corrected chi connectivity index (χ0v) is 45.8. The molecule has 6 nitrogen and oxygen atoms in total. The number of hydrogen-bond acceptors (Lipinski definition) is 6. The van der Waals surface area contributed by atoms with E-state index < -0.39 is 6.10 Å². The second kappa shape index (κ2) is 57.7. The van der Waals surface area contributed by atoms with E-state index in [1.807, 2.05) is 0 Å². The van der Waals surface area contributed by atoms with Gasteiger partial charge in [-0.05, 0) is 83.5 Å². The lowest BCUT2D eigenvalue weighted by Gasteiger charge is -2.18. The molecule has 400 valence electrons. The Morgan fingerprint density at radius 3 is 0.899 bits per heavy atom. The monoisotopic (exact) mass is 965 g/mol. The van der Waals surface area contributed by atoms with Crippen molar-refractivity contribution in [1.82, 2.24) is 0 Å². The Bertz CT molecular complexity index is 1250. The van der Waals surface area contributed by atoms with Crippen LogP contribution >= 0.6 is 0 Å². The molecule has 0 saturated heterocycles. The van der Waals surface area contributed by atoms with Crippen LogP contribution in [0.25, 0.3) is 0 Å². The first kappa shape index (κ1) is 66.1. The van der Waals surface area contributed by atoms with E-state index in [1.165, 1.54) is 173 Å². The van der Waals surface area contributed by atoms with Crippen molar-refractivity contribution in [2.75, 3.05) is 13.2 Å². The predicted molar refractivity (Wildman–Crippen MR) is 298 cm³/mol. The fourth-order valence-electron chi connectivity index (χ4n) is 8.55. The van der Waals surface area contributed by atoms with Crippen LogP contribution in [0.5, 0.6) is 0 Å². The third-order valence-electron chi connectivity index (χ3n) is 13.0. The molecule has 0 radical (unpaired) electrons. The van der Waals surface area contributed by atoms with Crippen molar-refractivity contribution in [3.8, 4) is 0 Å². The summed E-state index contributed by atoms with van der Waals surface area (Å²) in [7, 11) is 0. The summed E-state index contributed by atoms with van der Waals surface area (Å²) >= 11 is 0. The van der Waals surface area contributed by atoms with Gasteiger partial charge in [-0.15, -0.1) is 0 Å². The van der Waals surface area contributed by atoms with Crippen molar-refractivity contribution in [3.63, 3.8) is 0 Å². The smallest absolute Gasteiger partial charge is 0.306 e. The van der Waals surface area contributed by atoms with E-state index in [9.17, 15) is 14.4 Å². The first-order valence-electron chi connectivity index (χ1n) is 29.8. The second-order valence-electron chi connectivity index (χ2n) is 19.9. The number of carbonyl (C=O) groups excluding carboxylic acids is 3. The van der Waals surface area contributed by atoms with Crippen molar-refractivity contribution < 1.29 is 28.6 Å². The summed E-state index contributed by atoms with van der Waals surface area (Å²) in [6.45, 7) is 6.54. The summed E-state index contributed by atoms with van der Waals surface area (Å²) in [4.78, 5) is 38.2. The van der Waals surface area contributed by atoms with Crippen LogP contribution < -0.4 is 0 Å². The average molecular weight is 966 g/mol. The van der Waals surface area contributed by atoms with E-state index in [0.29, 0.717) is 19.3 Å². The molecule has 0 saturated carbocycles. The highest BCUT2D eigenvalue weighted by atomic mass is 16.6. The van der Waals surface area contributed by atoms with E-state index in [2.05, 4.69) is 81.5 Å². The van der Waals surface area contributed by atoms with E-state index in [1.54, 1.807) is 0 Å². The van der Waals surface area contributed by atoms with Gasteiger partial charge in [0.15, 0.2) is 6.10 Å². The quantitative estimate of drug-likeness (QED) is 0.0262. The van der Waals surface area contributed by atoms with Crippen molar-refractivity contribution in [3.05, 3.63) is 60.8 Å². The first-order chi connectivity index (χ1) is 34.0. The van der Waals surface area contributed by atoms with Crippen LogP contribution in [-0.2, 0) is 28.6 Å². The minimum Gasteiger partial charge on any atom is -0.462 e. The highest BCUT2D eigenvalue weighted by Gasteiger charge is 2.19. The molecule has 0 aliphatic rings. The second-order valence-corrected chi connectivity index (χ2v) is 19.9. The molecule has 0 fully saturated rings. The molecule has 0 spiro atoms. The van der Waals surface area contributed by atoms with Gasteiger partial charge in [0.05, 0.1) is 0 Å². The average Bonchev–Trinajstić information content (AvgIpc) is 3.35. The molecular weight excluding hydrogens is 853 g/mol. The molecule has 0 amide bonds. The fraction of sp³-hybridized carbons (Fsp3) is 0.794. The van der Waals surface area contributed by atoms with Gasteiger partial charge in [-0.3, -0.25) is 14.4 Å². The Hall–Kier alpha value is -2.89. The van der Waals surface area contributed by atoms with Gasteiger partial charge in [0.1, 0.15) is 13.2 Å². The lowest BCUT2D eigenvalue weighted by molar-refractivity contribution is -0.167. The van der Waals surface area contributed by atoms with E-state index in [-0.39, 0.29) is 31.1 Å². The topological polar surface area (TPSA) is 78.9 Å². The lowest BCUT2D eigenvalue weighted by Crippen LogP contribution is -2.30. The SMILES string of the molecule is CC/C=C\C/C=C\C/C=C\C/C=C\CCCCCCCCC(=O)OCC(COC(=O)CCCCCCCCCCCCCCC)OC(=O)CCCCCCCCC/C=C\CCCCCCCCCC. The number of unbranched alkanes of at least 4 members (excludes halogenated alkanes) is 33. The van der Waals surface area contributed by atoms with Crippen molar-refractivity contribution in [1.29, 1.82) is 0 Å². The Balaban J connectivity index is 4.37. The van der Waals surface area contributed by atoms with Crippen molar-refractivity contribution >= 4 is 17.9 Å². The molecule has 0 rings (SSSR count). The minimum atomic E-state index is -0.781. The molecule has 0 aliphatic carbocycles. The summed E-state index contributed by atoms with van der Waals surface area (Å²) in [6, 6.07) is 0. The zero-order valence-electron chi connectivity index (χ0n) is 45.8. The molecule has 0 aromatic rings. The largest absolute Gasteiger partial charge is 0.462 e. The number of allylic oxidation sites excluding steroid dienone is 10. The predicted octanol–water partition coefficient (Wildman–Crippen LogP) is 20.0. The fourth-order valence-corrected chi connectivity index (χ4v) is 8.55. The molecule has 0 N–H and O–H groups in total. The highest BCUT2D eigenvalue weighted by Crippen LogP contribution is 2.16. The van der Waals surface area contributed by atoms with Crippen molar-refractivity contribution in [2.45, 2.75) is 309 Å². The maximum absolute atomic E-state index is 12.9. The van der Waals surface area contributed by atoms with Gasteiger partial charge < -0.3 is 14.2 Å². The van der Waals surface area contributed by atoms with E-state index in [4.69, 9.17) is 14.2 Å². The number of esters is 3. The van der Waals surface area contributed by atoms with E-state index >= 15 is 0 Å². The number of carbonyl (C=O) groups is 3. The third kappa shape index (κ3) is 55.9. The van der Waals surface area contributed by atoms with Gasteiger partial charge in [-0.2, -0.15) is 0 Å². The Morgan fingerprint density at radius 1 is 0.304 bits per heavy atom. The van der Waals surface area contributed by atoms with Gasteiger partial charge in [0.2, 0.25) is 0 Å². The minimum absolute atomic E-state index is 0.0778. The van der Waals surface area contributed by atoms with Crippen LogP contribution in [0.1, 0.15) is 303 Å². The Morgan fingerprint density at radius 2 is 0.565 bits per heavy atom. The summed E-state index contributed by atoms with van der Waals surface area (Å²) < 4.78 is 16.9. The molecular formula is C63H112O6. The molecule has 0 aliphatic heterocycles. The third-order valence-corrected chi connectivity index (χ3v) is 13.0. The standard InChI is InChI=1S/C63H112O6/c1-4-7-10-13-16-19-22-25-27-29-31-33-35-38-41-44-47-50-53-56-62(65)68-59-60(58-67-61(64)55-52-49-46-43-40-37-24-21-18-15-12-9-6-3)69-63(66)57-54-51-48-45-42-39-36-34-32-30-28-26-23-20-17-14-11-8-5-2/h7,10,16,19,25,27,30-33,60H,4-6,8-9,11-15,17-18,20-24,26,28-29,34-59H2,1-3H3/b10-7-,19-16-,27-25-,32-30-,33-31-. The summed E-state index contributed by atoms with van der Waals surface area (Å²) in [5, 5.41) is 0. The first-order valence-corrected chi connectivity index (χ1v) is 29.8. The molecule has 0 aromatic heterocycles. The maximum atomic E-state index is 12.9. The van der Waals surface area contributed by atoms with Gasteiger partial charge in [0.25, 0.3) is 0 Å².